The highest BCUT2D eigenvalue weighted by atomic mass is 32.2. The number of hydrogen-bond donors (Lipinski definition) is 1. The zero-order chi connectivity index (χ0) is 13.8. The normalized spacial score (nSPS) is 15.3. The van der Waals surface area contributed by atoms with E-state index in [1.165, 1.54) is 10.6 Å². The second-order valence-electron chi connectivity index (χ2n) is 4.74. The summed E-state index contributed by atoms with van der Waals surface area (Å²) in [5.41, 5.74) is 8.16. The molecule has 1 saturated heterocycles. The molecule has 0 unspecified atom stereocenters. The van der Waals surface area contributed by atoms with Crippen molar-refractivity contribution in [2.75, 3.05) is 36.9 Å². The zero-order valence-electron chi connectivity index (χ0n) is 11.3. The van der Waals surface area contributed by atoms with Gasteiger partial charge in [-0.15, -0.1) is 0 Å². The Hall–Kier alpha value is -1.65. The highest BCUT2D eigenvalue weighted by Gasteiger charge is 2.12. The van der Waals surface area contributed by atoms with Crippen molar-refractivity contribution in [2.24, 2.45) is 0 Å². The van der Waals surface area contributed by atoms with E-state index >= 15 is 0 Å². The summed E-state index contributed by atoms with van der Waals surface area (Å²) in [6.07, 6.45) is 0. The minimum absolute atomic E-state index is 0.797. The standard InChI is InChI=1S/C16H18N2OS/c17-15-7-6-13(18-8-10-19-11-9-18)12-16(15)20-14-4-2-1-3-5-14/h1-7,12H,8-11,17H2. The Labute approximate surface area is 123 Å². The summed E-state index contributed by atoms with van der Waals surface area (Å²) in [5, 5.41) is 0. The fourth-order valence-electron chi connectivity index (χ4n) is 2.25. The van der Waals surface area contributed by atoms with Gasteiger partial charge in [0, 0.05) is 34.3 Å². The molecule has 0 atom stereocenters. The van der Waals surface area contributed by atoms with Gasteiger partial charge in [-0.1, -0.05) is 30.0 Å². The van der Waals surface area contributed by atoms with E-state index < -0.39 is 0 Å². The lowest BCUT2D eigenvalue weighted by Gasteiger charge is -2.29. The quantitative estimate of drug-likeness (QED) is 0.879. The summed E-state index contributed by atoms with van der Waals surface area (Å²) in [5.74, 6) is 0. The van der Waals surface area contributed by atoms with Crippen molar-refractivity contribution in [3.63, 3.8) is 0 Å². The number of anilines is 2. The van der Waals surface area contributed by atoms with Crippen LogP contribution in [0.25, 0.3) is 0 Å². The summed E-state index contributed by atoms with van der Waals surface area (Å²) in [4.78, 5) is 4.66. The van der Waals surface area contributed by atoms with Crippen molar-refractivity contribution in [3.8, 4) is 0 Å². The number of ether oxygens (including phenoxy) is 1. The third-order valence-electron chi connectivity index (χ3n) is 3.34. The van der Waals surface area contributed by atoms with Gasteiger partial charge in [-0.25, -0.2) is 0 Å². The van der Waals surface area contributed by atoms with E-state index in [0.29, 0.717) is 0 Å². The van der Waals surface area contributed by atoms with Crippen molar-refractivity contribution in [1.82, 2.24) is 0 Å². The molecule has 0 saturated carbocycles. The Kier molecular flexibility index (Phi) is 4.14. The summed E-state index contributed by atoms with van der Waals surface area (Å²) in [7, 11) is 0. The van der Waals surface area contributed by atoms with E-state index in [2.05, 4.69) is 29.2 Å². The summed E-state index contributed by atoms with van der Waals surface area (Å²) in [6.45, 7) is 3.48. The molecule has 1 aliphatic heterocycles. The van der Waals surface area contributed by atoms with Gasteiger partial charge in [0.2, 0.25) is 0 Å². The first-order chi connectivity index (χ1) is 9.83. The lowest BCUT2D eigenvalue weighted by Crippen LogP contribution is -2.36. The summed E-state index contributed by atoms with van der Waals surface area (Å²) >= 11 is 1.71. The van der Waals surface area contributed by atoms with Crippen molar-refractivity contribution in [2.45, 2.75) is 9.79 Å². The highest BCUT2D eigenvalue weighted by Crippen LogP contribution is 2.34. The molecule has 2 aromatic rings. The molecule has 0 spiro atoms. The molecule has 0 amide bonds. The maximum atomic E-state index is 6.10. The van der Waals surface area contributed by atoms with Gasteiger partial charge in [0.25, 0.3) is 0 Å². The van der Waals surface area contributed by atoms with Gasteiger partial charge in [-0.05, 0) is 30.3 Å². The monoisotopic (exact) mass is 286 g/mol. The molecule has 3 rings (SSSR count). The van der Waals surface area contributed by atoms with Crippen molar-refractivity contribution < 1.29 is 4.74 Å². The molecule has 0 bridgehead atoms. The van der Waals surface area contributed by atoms with Crippen LogP contribution in [-0.2, 0) is 4.74 Å². The van der Waals surface area contributed by atoms with E-state index in [1.807, 2.05) is 24.3 Å². The Morgan fingerprint density at radius 2 is 1.75 bits per heavy atom. The topological polar surface area (TPSA) is 38.5 Å². The van der Waals surface area contributed by atoms with Crippen LogP contribution in [-0.4, -0.2) is 26.3 Å². The summed E-state index contributed by atoms with van der Waals surface area (Å²) in [6, 6.07) is 16.6. The van der Waals surface area contributed by atoms with Crippen LogP contribution < -0.4 is 10.6 Å². The molecule has 0 aromatic heterocycles. The van der Waals surface area contributed by atoms with Gasteiger partial charge >= 0.3 is 0 Å². The number of nitrogens with zero attached hydrogens (tertiary/aromatic N) is 1. The maximum absolute atomic E-state index is 6.10. The van der Waals surface area contributed by atoms with Crippen molar-refractivity contribution in [3.05, 3.63) is 48.5 Å². The lowest BCUT2D eigenvalue weighted by molar-refractivity contribution is 0.122. The van der Waals surface area contributed by atoms with Gasteiger partial charge in [0.15, 0.2) is 0 Å². The molecule has 0 radical (unpaired) electrons. The van der Waals surface area contributed by atoms with E-state index in [0.717, 1.165) is 36.9 Å². The number of benzene rings is 2. The number of nitrogen functional groups attached to an aromatic ring is 1. The number of nitrogens with two attached hydrogens (primary N) is 1. The molecule has 1 heterocycles. The Bertz CT molecular complexity index is 568. The van der Waals surface area contributed by atoms with Crippen LogP contribution >= 0.6 is 11.8 Å². The SMILES string of the molecule is Nc1ccc(N2CCOCC2)cc1Sc1ccccc1. The predicted octanol–water partition coefficient (Wildman–Crippen LogP) is 3.26. The van der Waals surface area contributed by atoms with Gasteiger partial charge in [0.05, 0.1) is 13.2 Å². The Balaban J connectivity index is 1.83. The maximum Gasteiger partial charge on any atom is 0.0642 e. The van der Waals surface area contributed by atoms with E-state index in [4.69, 9.17) is 10.5 Å². The molecule has 0 aliphatic carbocycles. The summed E-state index contributed by atoms with van der Waals surface area (Å²) < 4.78 is 5.40. The van der Waals surface area contributed by atoms with Gasteiger partial charge in [-0.2, -0.15) is 0 Å². The van der Waals surface area contributed by atoms with Gasteiger partial charge < -0.3 is 15.4 Å². The zero-order valence-corrected chi connectivity index (χ0v) is 12.1. The van der Waals surface area contributed by atoms with Gasteiger partial charge in [-0.3, -0.25) is 0 Å². The molecular weight excluding hydrogens is 268 g/mol. The third kappa shape index (κ3) is 3.08. The van der Waals surface area contributed by atoms with Crippen LogP contribution in [0.4, 0.5) is 11.4 Å². The second kappa shape index (κ2) is 6.20. The molecular formula is C16H18N2OS. The minimum atomic E-state index is 0.797. The molecule has 4 heteroatoms. The predicted molar refractivity (Wildman–Crippen MR) is 84.5 cm³/mol. The van der Waals surface area contributed by atoms with E-state index in [9.17, 15) is 0 Å². The molecule has 1 aliphatic rings. The lowest BCUT2D eigenvalue weighted by atomic mass is 10.2. The Morgan fingerprint density at radius 1 is 1.00 bits per heavy atom. The molecule has 1 fully saturated rings. The largest absolute Gasteiger partial charge is 0.398 e. The van der Waals surface area contributed by atoms with Crippen LogP contribution in [0.2, 0.25) is 0 Å². The van der Waals surface area contributed by atoms with Crippen LogP contribution in [0, 0.1) is 0 Å². The van der Waals surface area contributed by atoms with E-state index in [-0.39, 0.29) is 0 Å². The van der Waals surface area contributed by atoms with Crippen molar-refractivity contribution in [1.29, 1.82) is 0 Å². The molecule has 3 nitrogen and oxygen atoms in total. The smallest absolute Gasteiger partial charge is 0.0642 e. The Morgan fingerprint density at radius 3 is 2.50 bits per heavy atom. The molecule has 2 N–H and O–H groups in total. The number of morpholine rings is 1. The molecule has 2 aromatic carbocycles. The fraction of sp³-hybridized carbons (Fsp3) is 0.250. The minimum Gasteiger partial charge on any atom is -0.398 e. The average Bonchev–Trinajstić information content (AvgIpc) is 2.51. The number of rotatable bonds is 3. The van der Waals surface area contributed by atoms with E-state index in [1.54, 1.807) is 11.8 Å². The van der Waals surface area contributed by atoms with Gasteiger partial charge in [0.1, 0.15) is 0 Å². The van der Waals surface area contributed by atoms with Crippen LogP contribution in [0.3, 0.4) is 0 Å². The second-order valence-corrected chi connectivity index (χ2v) is 5.85. The third-order valence-corrected chi connectivity index (χ3v) is 4.43. The average molecular weight is 286 g/mol. The van der Waals surface area contributed by atoms with Crippen LogP contribution in [0.15, 0.2) is 58.3 Å². The number of hydrogen-bond acceptors (Lipinski definition) is 4. The first-order valence-corrected chi connectivity index (χ1v) is 7.60. The first-order valence-electron chi connectivity index (χ1n) is 6.78. The fourth-order valence-corrected chi connectivity index (χ4v) is 3.16. The first kappa shape index (κ1) is 13.3. The molecule has 104 valence electrons. The van der Waals surface area contributed by atoms with Crippen LogP contribution in [0.1, 0.15) is 0 Å². The highest BCUT2D eigenvalue weighted by molar-refractivity contribution is 7.99. The molecule has 20 heavy (non-hydrogen) atoms. The van der Waals surface area contributed by atoms with Crippen LogP contribution in [0.5, 0.6) is 0 Å². The van der Waals surface area contributed by atoms with Crippen molar-refractivity contribution >= 4 is 23.1 Å².